The third-order valence-corrected chi connectivity index (χ3v) is 5.38. The van der Waals surface area contributed by atoms with Gasteiger partial charge < -0.3 is 18.9 Å². The Morgan fingerprint density at radius 3 is 2.68 bits per heavy atom. The maximum Gasteiger partial charge on any atom is 0.264 e. The molecule has 6 nitrogen and oxygen atoms in total. The van der Waals surface area contributed by atoms with Crippen LogP contribution in [0.25, 0.3) is 0 Å². The number of amides is 1. The van der Waals surface area contributed by atoms with Gasteiger partial charge in [-0.3, -0.25) is 4.79 Å². The summed E-state index contributed by atoms with van der Waals surface area (Å²) in [5, 5.41) is 12.0. The molecular formula is C20H23ClN2O4S. The Balaban J connectivity index is 2.06. The SMILES string of the molecule is CCN1C(=O)C(O)(Cc2cccc(OC)c2OSN(C)C)c2cc(Cl)ccc21. The molecule has 1 aliphatic heterocycles. The van der Waals surface area contributed by atoms with E-state index in [0.717, 1.165) is 12.2 Å². The summed E-state index contributed by atoms with van der Waals surface area (Å²) in [4.78, 5) is 14.7. The molecule has 1 unspecified atom stereocenters. The molecule has 0 aliphatic carbocycles. The zero-order valence-corrected chi connectivity index (χ0v) is 17.8. The lowest BCUT2D eigenvalue weighted by atomic mass is 9.88. The third kappa shape index (κ3) is 3.67. The van der Waals surface area contributed by atoms with Gasteiger partial charge in [-0.15, -0.1) is 0 Å². The molecule has 150 valence electrons. The molecule has 2 aromatic rings. The van der Waals surface area contributed by atoms with Crippen LogP contribution in [0.5, 0.6) is 11.5 Å². The highest BCUT2D eigenvalue weighted by atomic mass is 35.5. The average Bonchev–Trinajstić information content (AvgIpc) is 2.87. The second kappa shape index (κ2) is 8.21. The summed E-state index contributed by atoms with van der Waals surface area (Å²) in [6.45, 7) is 2.32. The van der Waals surface area contributed by atoms with E-state index in [4.69, 9.17) is 20.5 Å². The number of para-hydroxylation sites is 1. The Kier molecular flexibility index (Phi) is 6.09. The minimum atomic E-state index is -1.73. The van der Waals surface area contributed by atoms with Gasteiger partial charge >= 0.3 is 0 Å². The summed E-state index contributed by atoms with van der Waals surface area (Å²) in [7, 11) is 5.26. The van der Waals surface area contributed by atoms with Crippen LogP contribution in [-0.4, -0.2) is 43.1 Å². The molecule has 0 bridgehead atoms. The predicted molar refractivity (Wildman–Crippen MR) is 112 cm³/mol. The van der Waals surface area contributed by atoms with Crippen molar-refractivity contribution in [3.05, 3.63) is 52.5 Å². The zero-order valence-electron chi connectivity index (χ0n) is 16.2. The second-order valence-electron chi connectivity index (χ2n) is 6.67. The number of carbonyl (C=O) groups is 1. The van der Waals surface area contributed by atoms with E-state index in [1.165, 1.54) is 0 Å². The van der Waals surface area contributed by atoms with E-state index < -0.39 is 5.60 Å². The Morgan fingerprint density at radius 1 is 1.29 bits per heavy atom. The van der Waals surface area contributed by atoms with Crippen molar-refractivity contribution in [1.82, 2.24) is 4.31 Å². The number of hydrogen-bond acceptors (Lipinski definition) is 6. The molecule has 0 saturated carbocycles. The third-order valence-electron chi connectivity index (χ3n) is 4.61. The van der Waals surface area contributed by atoms with Crippen LogP contribution < -0.4 is 13.8 Å². The van der Waals surface area contributed by atoms with Crippen LogP contribution >= 0.6 is 23.8 Å². The molecule has 8 heteroatoms. The quantitative estimate of drug-likeness (QED) is 0.543. The standard InChI is InChI=1S/C20H23ClN2O4S/c1-5-23-16-10-9-14(21)11-15(16)20(25,19(23)24)12-13-7-6-8-17(26-4)18(13)27-28-22(2)3/h6-11,25H,5,12H2,1-4H3. The largest absolute Gasteiger partial charge is 0.493 e. The van der Waals surface area contributed by atoms with Crippen LogP contribution in [0.2, 0.25) is 5.02 Å². The maximum atomic E-state index is 13.1. The zero-order chi connectivity index (χ0) is 20.5. The van der Waals surface area contributed by atoms with Gasteiger partial charge in [-0.2, -0.15) is 0 Å². The summed E-state index contributed by atoms with van der Waals surface area (Å²) < 4.78 is 13.0. The monoisotopic (exact) mass is 422 g/mol. The normalized spacial score (nSPS) is 18.5. The number of ether oxygens (including phenoxy) is 1. The lowest BCUT2D eigenvalue weighted by Crippen LogP contribution is -2.41. The summed E-state index contributed by atoms with van der Waals surface area (Å²) >= 11 is 7.30. The Labute approximate surface area is 174 Å². The lowest BCUT2D eigenvalue weighted by Gasteiger charge is -2.24. The highest BCUT2D eigenvalue weighted by molar-refractivity contribution is 7.92. The van der Waals surface area contributed by atoms with Crippen molar-refractivity contribution in [3.8, 4) is 11.5 Å². The van der Waals surface area contributed by atoms with Crippen molar-refractivity contribution < 1.29 is 18.8 Å². The van der Waals surface area contributed by atoms with Gasteiger partial charge in [0.2, 0.25) is 0 Å². The number of fused-ring (bicyclic) bond motifs is 1. The molecule has 28 heavy (non-hydrogen) atoms. The Hall–Kier alpha value is -1.93. The first-order chi connectivity index (χ1) is 13.3. The average molecular weight is 423 g/mol. The molecule has 1 heterocycles. The minimum Gasteiger partial charge on any atom is -0.493 e. The van der Waals surface area contributed by atoms with E-state index >= 15 is 0 Å². The van der Waals surface area contributed by atoms with Gasteiger partial charge in [-0.05, 0) is 31.2 Å². The number of nitrogens with zero attached hydrogens (tertiary/aromatic N) is 2. The number of carbonyl (C=O) groups excluding carboxylic acids is 1. The fourth-order valence-corrected chi connectivity index (χ4v) is 3.94. The fraction of sp³-hybridized carbons (Fsp3) is 0.350. The highest BCUT2D eigenvalue weighted by Gasteiger charge is 2.49. The van der Waals surface area contributed by atoms with E-state index in [1.54, 1.807) is 46.6 Å². The topological polar surface area (TPSA) is 62.2 Å². The number of benzene rings is 2. The molecule has 1 atom stereocenters. The molecule has 1 amide bonds. The van der Waals surface area contributed by atoms with Gasteiger partial charge in [0.25, 0.3) is 5.91 Å². The van der Waals surface area contributed by atoms with E-state index in [9.17, 15) is 9.90 Å². The van der Waals surface area contributed by atoms with Crippen molar-refractivity contribution in [3.63, 3.8) is 0 Å². The van der Waals surface area contributed by atoms with Gasteiger partial charge in [0.15, 0.2) is 17.1 Å². The predicted octanol–water partition coefficient (Wildman–Crippen LogP) is 3.65. The van der Waals surface area contributed by atoms with Gasteiger partial charge in [0, 0.05) is 43.2 Å². The Bertz CT molecular complexity index is 893. The van der Waals surface area contributed by atoms with Crippen molar-refractivity contribution >= 4 is 35.4 Å². The minimum absolute atomic E-state index is 0.0379. The van der Waals surface area contributed by atoms with Crippen LogP contribution in [0.3, 0.4) is 0 Å². The van der Waals surface area contributed by atoms with Gasteiger partial charge in [0.05, 0.1) is 12.8 Å². The number of halogens is 1. The summed E-state index contributed by atoms with van der Waals surface area (Å²) in [6.07, 6.45) is 0.0379. The van der Waals surface area contributed by atoms with Gasteiger partial charge in [-0.25, -0.2) is 4.31 Å². The number of methoxy groups -OCH3 is 1. The number of rotatable bonds is 7. The molecule has 0 radical (unpaired) electrons. The van der Waals surface area contributed by atoms with E-state index in [0.29, 0.717) is 39.9 Å². The number of likely N-dealkylation sites (N-methyl/N-ethyl adjacent to an activating group) is 1. The van der Waals surface area contributed by atoms with Crippen LogP contribution in [-0.2, 0) is 16.8 Å². The maximum absolute atomic E-state index is 13.1. The molecule has 0 spiro atoms. The highest BCUT2D eigenvalue weighted by Crippen LogP contribution is 2.45. The smallest absolute Gasteiger partial charge is 0.264 e. The first-order valence-corrected chi connectivity index (χ1v) is 9.91. The van der Waals surface area contributed by atoms with E-state index in [2.05, 4.69) is 0 Å². The van der Waals surface area contributed by atoms with Crippen LogP contribution in [0, 0.1) is 0 Å². The van der Waals surface area contributed by atoms with Crippen molar-refractivity contribution in [2.24, 2.45) is 0 Å². The Morgan fingerprint density at radius 2 is 2.04 bits per heavy atom. The van der Waals surface area contributed by atoms with E-state index in [-0.39, 0.29) is 12.3 Å². The first-order valence-electron chi connectivity index (χ1n) is 8.84. The molecule has 0 saturated heterocycles. The first kappa shape index (κ1) is 20.8. The lowest BCUT2D eigenvalue weighted by molar-refractivity contribution is -0.136. The van der Waals surface area contributed by atoms with Gasteiger partial charge in [0.1, 0.15) is 12.2 Å². The summed E-state index contributed by atoms with van der Waals surface area (Å²) in [6, 6.07) is 10.5. The van der Waals surface area contributed by atoms with Crippen molar-refractivity contribution in [2.45, 2.75) is 18.9 Å². The molecule has 1 N–H and O–H groups in total. The van der Waals surface area contributed by atoms with Crippen LogP contribution in [0.4, 0.5) is 5.69 Å². The van der Waals surface area contributed by atoms with Crippen LogP contribution in [0.1, 0.15) is 18.1 Å². The molecular weight excluding hydrogens is 400 g/mol. The molecule has 0 fully saturated rings. The summed E-state index contributed by atoms with van der Waals surface area (Å²) in [5.41, 5.74) is 0.102. The molecule has 0 aromatic heterocycles. The number of hydrogen-bond donors (Lipinski definition) is 1. The number of anilines is 1. The van der Waals surface area contributed by atoms with E-state index in [1.807, 2.05) is 27.1 Å². The molecule has 2 aromatic carbocycles. The second-order valence-corrected chi connectivity index (χ2v) is 8.15. The molecule has 1 aliphatic rings. The van der Waals surface area contributed by atoms with Gasteiger partial charge in [-0.1, -0.05) is 23.7 Å². The summed E-state index contributed by atoms with van der Waals surface area (Å²) in [5.74, 6) is 0.629. The number of aliphatic hydroxyl groups is 1. The fourth-order valence-electron chi connectivity index (χ4n) is 3.35. The van der Waals surface area contributed by atoms with Crippen LogP contribution in [0.15, 0.2) is 36.4 Å². The van der Waals surface area contributed by atoms with Crippen molar-refractivity contribution in [2.75, 3.05) is 32.6 Å². The molecule has 3 rings (SSSR count). The van der Waals surface area contributed by atoms with Crippen molar-refractivity contribution in [1.29, 1.82) is 0 Å².